The van der Waals surface area contributed by atoms with E-state index in [9.17, 15) is 0 Å². The van der Waals surface area contributed by atoms with Crippen molar-refractivity contribution in [2.24, 2.45) is 0 Å². The molecule has 0 aliphatic carbocycles. The molecule has 0 saturated heterocycles. The Hall–Kier alpha value is -0.740. The lowest BCUT2D eigenvalue weighted by atomic mass is 10.3. The van der Waals surface area contributed by atoms with Gasteiger partial charge in [-0.25, -0.2) is 0 Å². The lowest BCUT2D eigenvalue weighted by Crippen LogP contribution is -2.28. The van der Waals surface area contributed by atoms with Crippen LogP contribution >= 0.6 is 34.5 Å². The zero-order chi connectivity index (χ0) is 13.7. The highest BCUT2D eigenvalue weighted by molar-refractivity contribution is 7.09. The Bertz CT molecular complexity index is 516. The van der Waals surface area contributed by atoms with Gasteiger partial charge in [-0.05, 0) is 30.5 Å². The summed E-state index contributed by atoms with van der Waals surface area (Å²) in [6, 6.07) is 9.47. The molecular weight excluding hydrogens is 301 g/mol. The lowest BCUT2D eigenvalue weighted by Gasteiger charge is -2.15. The molecule has 5 heteroatoms. The predicted molar refractivity (Wildman–Crippen MR) is 82.6 cm³/mol. The van der Waals surface area contributed by atoms with Crippen molar-refractivity contribution in [2.45, 2.75) is 19.6 Å². The second kappa shape index (κ2) is 7.15. The van der Waals surface area contributed by atoms with Crippen LogP contribution in [0.15, 0.2) is 35.7 Å². The Balaban J connectivity index is 1.77. The van der Waals surface area contributed by atoms with Gasteiger partial charge in [0.15, 0.2) is 0 Å². The van der Waals surface area contributed by atoms with Crippen molar-refractivity contribution in [3.05, 3.63) is 50.6 Å². The molecule has 1 aromatic carbocycles. The van der Waals surface area contributed by atoms with Crippen LogP contribution in [0.3, 0.4) is 0 Å². The Morgan fingerprint density at radius 3 is 2.79 bits per heavy atom. The first kappa shape index (κ1) is 14.7. The average molecular weight is 316 g/mol. The minimum Gasteiger partial charge on any atom is -0.489 e. The molecule has 2 nitrogen and oxygen atoms in total. The van der Waals surface area contributed by atoms with Gasteiger partial charge in [0.25, 0.3) is 0 Å². The van der Waals surface area contributed by atoms with E-state index in [-0.39, 0.29) is 6.10 Å². The number of nitrogens with one attached hydrogen (secondary N) is 1. The van der Waals surface area contributed by atoms with Gasteiger partial charge in [0.2, 0.25) is 0 Å². The van der Waals surface area contributed by atoms with Gasteiger partial charge in [-0.1, -0.05) is 29.3 Å². The summed E-state index contributed by atoms with van der Waals surface area (Å²) in [5, 5.41) is 6.49. The average Bonchev–Trinajstić information content (AvgIpc) is 2.87. The van der Waals surface area contributed by atoms with Crippen LogP contribution in [-0.4, -0.2) is 12.6 Å². The first-order chi connectivity index (χ1) is 9.15. The minimum absolute atomic E-state index is 0.0669. The molecular formula is C14H15Cl2NOS. The summed E-state index contributed by atoms with van der Waals surface area (Å²) in [5.74, 6) is 0.736. The zero-order valence-electron chi connectivity index (χ0n) is 10.5. The monoisotopic (exact) mass is 315 g/mol. The van der Waals surface area contributed by atoms with Gasteiger partial charge in [0, 0.05) is 24.0 Å². The van der Waals surface area contributed by atoms with E-state index in [1.807, 2.05) is 13.0 Å². The molecule has 2 rings (SSSR count). The van der Waals surface area contributed by atoms with E-state index in [2.05, 4.69) is 22.8 Å². The highest BCUT2D eigenvalue weighted by atomic mass is 35.5. The second-order valence-electron chi connectivity index (χ2n) is 4.21. The molecule has 0 saturated carbocycles. The first-order valence-corrected chi connectivity index (χ1v) is 7.63. The fraction of sp³-hybridized carbons (Fsp3) is 0.286. The van der Waals surface area contributed by atoms with Gasteiger partial charge in [-0.3, -0.25) is 0 Å². The number of ether oxygens (including phenoxy) is 1. The van der Waals surface area contributed by atoms with Crippen molar-refractivity contribution >= 4 is 34.5 Å². The highest BCUT2D eigenvalue weighted by Gasteiger charge is 2.06. The first-order valence-electron chi connectivity index (χ1n) is 6.00. The Morgan fingerprint density at radius 2 is 2.11 bits per heavy atom. The standard InChI is InChI=1S/C14H15Cl2NOS/c1-10(8-17-9-12-3-2-6-19-12)18-11-4-5-13(15)14(16)7-11/h2-7,10,17H,8-9H2,1H3. The van der Waals surface area contributed by atoms with Crippen molar-refractivity contribution < 1.29 is 4.74 Å². The molecule has 1 unspecified atom stereocenters. The van der Waals surface area contributed by atoms with E-state index in [4.69, 9.17) is 27.9 Å². The normalized spacial score (nSPS) is 12.4. The van der Waals surface area contributed by atoms with Crippen LogP contribution in [0, 0.1) is 0 Å². The zero-order valence-corrected chi connectivity index (χ0v) is 12.9. The van der Waals surface area contributed by atoms with E-state index in [1.165, 1.54) is 4.88 Å². The van der Waals surface area contributed by atoms with Crippen LogP contribution in [0.2, 0.25) is 10.0 Å². The number of benzene rings is 1. The summed E-state index contributed by atoms with van der Waals surface area (Å²) in [7, 11) is 0. The van der Waals surface area contributed by atoms with Gasteiger partial charge >= 0.3 is 0 Å². The van der Waals surface area contributed by atoms with Gasteiger partial charge in [0.05, 0.1) is 10.0 Å². The van der Waals surface area contributed by atoms with E-state index >= 15 is 0 Å². The summed E-state index contributed by atoms with van der Waals surface area (Å²) in [5.41, 5.74) is 0. The van der Waals surface area contributed by atoms with Crippen LogP contribution in [0.5, 0.6) is 5.75 Å². The van der Waals surface area contributed by atoms with Crippen molar-refractivity contribution in [3.63, 3.8) is 0 Å². The molecule has 102 valence electrons. The van der Waals surface area contributed by atoms with Crippen molar-refractivity contribution in [1.29, 1.82) is 0 Å². The highest BCUT2D eigenvalue weighted by Crippen LogP contribution is 2.26. The molecule has 0 spiro atoms. The summed E-state index contributed by atoms with van der Waals surface area (Å²) in [6.07, 6.45) is 0.0669. The maximum absolute atomic E-state index is 5.94. The summed E-state index contributed by atoms with van der Waals surface area (Å²) in [4.78, 5) is 1.32. The van der Waals surface area contributed by atoms with Gasteiger partial charge in [-0.15, -0.1) is 11.3 Å². The number of thiophene rings is 1. The molecule has 1 aromatic heterocycles. The second-order valence-corrected chi connectivity index (χ2v) is 6.06. The smallest absolute Gasteiger partial charge is 0.121 e. The number of hydrogen-bond acceptors (Lipinski definition) is 3. The van der Waals surface area contributed by atoms with Crippen LogP contribution in [0.25, 0.3) is 0 Å². The van der Waals surface area contributed by atoms with Gasteiger partial charge in [0.1, 0.15) is 11.9 Å². The van der Waals surface area contributed by atoms with Crippen LogP contribution in [0.4, 0.5) is 0 Å². The van der Waals surface area contributed by atoms with Crippen LogP contribution < -0.4 is 10.1 Å². The molecule has 0 aliphatic heterocycles. The molecule has 1 N–H and O–H groups in total. The van der Waals surface area contributed by atoms with E-state index < -0.39 is 0 Å². The van der Waals surface area contributed by atoms with Crippen molar-refractivity contribution in [1.82, 2.24) is 5.32 Å². The third-order valence-electron chi connectivity index (χ3n) is 2.54. The predicted octanol–water partition coefficient (Wildman–Crippen LogP) is 4.61. The van der Waals surface area contributed by atoms with Crippen molar-refractivity contribution in [2.75, 3.05) is 6.54 Å². The summed E-state index contributed by atoms with van der Waals surface area (Å²) < 4.78 is 5.77. The number of rotatable bonds is 6. The molecule has 1 atom stereocenters. The van der Waals surface area contributed by atoms with E-state index in [0.717, 1.165) is 18.8 Å². The SMILES string of the molecule is CC(CNCc1cccs1)Oc1ccc(Cl)c(Cl)c1. The topological polar surface area (TPSA) is 21.3 Å². The molecule has 0 aliphatic rings. The molecule has 19 heavy (non-hydrogen) atoms. The Morgan fingerprint density at radius 1 is 1.26 bits per heavy atom. The van der Waals surface area contributed by atoms with E-state index in [0.29, 0.717) is 10.0 Å². The molecule has 0 radical (unpaired) electrons. The largest absolute Gasteiger partial charge is 0.489 e. The third-order valence-corrected chi connectivity index (χ3v) is 4.15. The fourth-order valence-corrected chi connectivity index (χ4v) is 2.60. The third kappa shape index (κ3) is 4.69. The lowest BCUT2D eigenvalue weighted by molar-refractivity contribution is 0.217. The molecule has 0 fully saturated rings. The minimum atomic E-state index is 0.0669. The quantitative estimate of drug-likeness (QED) is 0.840. The Kier molecular flexibility index (Phi) is 5.52. The summed E-state index contributed by atoms with van der Waals surface area (Å²) in [6.45, 7) is 3.66. The van der Waals surface area contributed by atoms with Crippen molar-refractivity contribution in [3.8, 4) is 5.75 Å². The molecule has 1 heterocycles. The van der Waals surface area contributed by atoms with Gasteiger partial charge < -0.3 is 10.1 Å². The summed E-state index contributed by atoms with van der Waals surface area (Å²) >= 11 is 13.5. The van der Waals surface area contributed by atoms with Gasteiger partial charge in [-0.2, -0.15) is 0 Å². The molecule has 2 aromatic rings. The fourth-order valence-electron chi connectivity index (χ4n) is 1.64. The number of hydrogen-bond donors (Lipinski definition) is 1. The molecule has 0 amide bonds. The Labute approximate surface area is 127 Å². The van der Waals surface area contributed by atoms with Crippen LogP contribution in [-0.2, 0) is 6.54 Å². The maximum Gasteiger partial charge on any atom is 0.121 e. The number of halogens is 2. The molecule has 0 bridgehead atoms. The van der Waals surface area contributed by atoms with E-state index in [1.54, 1.807) is 23.5 Å². The van der Waals surface area contributed by atoms with Crippen LogP contribution in [0.1, 0.15) is 11.8 Å². The maximum atomic E-state index is 5.94.